The Morgan fingerprint density at radius 2 is 2.10 bits per heavy atom. The number of anilines is 1. The number of carbonyl (C=O) groups is 1. The van der Waals surface area contributed by atoms with Crippen LogP contribution in [-0.2, 0) is 16.1 Å². The first-order chi connectivity index (χ1) is 14.1. The SMILES string of the molecule is CCOc1ccc(/C=C/C(=O)OCCCn2cnc3c(N)ncnc32)cc1OC. The van der Waals surface area contributed by atoms with Gasteiger partial charge in [-0.1, -0.05) is 6.07 Å². The molecular formula is C20H23N5O4. The fraction of sp³-hybridized carbons (Fsp3) is 0.300. The van der Waals surface area contributed by atoms with E-state index in [1.165, 1.54) is 12.4 Å². The van der Waals surface area contributed by atoms with Gasteiger partial charge >= 0.3 is 5.97 Å². The zero-order valence-corrected chi connectivity index (χ0v) is 16.4. The van der Waals surface area contributed by atoms with E-state index in [2.05, 4.69) is 15.0 Å². The number of methoxy groups -OCH3 is 1. The maximum Gasteiger partial charge on any atom is 0.330 e. The molecule has 0 amide bonds. The zero-order chi connectivity index (χ0) is 20.6. The quantitative estimate of drug-likeness (QED) is 0.333. The van der Waals surface area contributed by atoms with Crippen LogP contribution in [0.1, 0.15) is 18.9 Å². The Kier molecular flexibility index (Phi) is 6.62. The molecule has 2 aromatic heterocycles. The molecule has 0 spiro atoms. The topological polar surface area (TPSA) is 114 Å². The lowest BCUT2D eigenvalue weighted by Crippen LogP contribution is -2.06. The summed E-state index contributed by atoms with van der Waals surface area (Å²) in [4.78, 5) is 24.2. The van der Waals surface area contributed by atoms with Crippen LogP contribution in [0.3, 0.4) is 0 Å². The molecule has 3 rings (SSSR count). The van der Waals surface area contributed by atoms with Gasteiger partial charge in [-0.2, -0.15) is 0 Å². The molecule has 9 nitrogen and oxygen atoms in total. The van der Waals surface area contributed by atoms with Gasteiger partial charge in [-0.25, -0.2) is 19.7 Å². The molecule has 3 aromatic rings. The van der Waals surface area contributed by atoms with Gasteiger partial charge in [0.1, 0.15) is 11.8 Å². The third kappa shape index (κ3) is 5.01. The minimum absolute atomic E-state index is 0.274. The molecule has 0 bridgehead atoms. The summed E-state index contributed by atoms with van der Waals surface area (Å²) in [5, 5.41) is 0. The Bertz CT molecular complexity index is 1020. The van der Waals surface area contributed by atoms with Crippen LogP contribution in [0.25, 0.3) is 17.2 Å². The number of aryl methyl sites for hydroxylation is 1. The highest BCUT2D eigenvalue weighted by atomic mass is 16.5. The number of nitrogens with two attached hydrogens (primary N) is 1. The number of hydrogen-bond donors (Lipinski definition) is 1. The molecule has 0 saturated carbocycles. The number of fused-ring (bicyclic) bond motifs is 1. The first kappa shape index (κ1) is 20.1. The summed E-state index contributed by atoms with van der Waals surface area (Å²) in [5.41, 5.74) is 7.81. The summed E-state index contributed by atoms with van der Waals surface area (Å²) in [6.45, 7) is 3.32. The molecule has 0 radical (unpaired) electrons. The molecule has 0 saturated heterocycles. The number of ether oxygens (including phenoxy) is 3. The molecule has 2 heterocycles. The van der Waals surface area contributed by atoms with E-state index in [4.69, 9.17) is 19.9 Å². The van der Waals surface area contributed by atoms with Crippen molar-refractivity contribution in [2.45, 2.75) is 19.9 Å². The Morgan fingerprint density at radius 1 is 1.24 bits per heavy atom. The number of nitrogen functional groups attached to an aromatic ring is 1. The van der Waals surface area contributed by atoms with Gasteiger partial charge in [-0.3, -0.25) is 0 Å². The van der Waals surface area contributed by atoms with Gasteiger partial charge in [0.25, 0.3) is 0 Å². The average Bonchev–Trinajstić information content (AvgIpc) is 3.15. The fourth-order valence-corrected chi connectivity index (χ4v) is 2.75. The van der Waals surface area contributed by atoms with Crippen molar-refractivity contribution in [3.8, 4) is 11.5 Å². The third-order valence-electron chi connectivity index (χ3n) is 4.12. The molecule has 152 valence electrons. The van der Waals surface area contributed by atoms with E-state index >= 15 is 0 Å². The average molecular weight is 397 g/mol. The predicted molar refractivity (Wildman–Crippen MR) is 109 cm³/mol. The number of rotatable bonds is 9. The molecule has 0 aliphatic carbocycles. The van der Waals surface area contributed by atoms with E-state index in [1.807, 2.05) is 17.6 Å². The molecule has 2 N–H and O–H groups in total. The van der Waals surface area contributed by atoms with Gasteiger partial charge in [0.05, 0.1) is 26.7 Å². The number of hydrogen-bond acceptors (Lipinski definition) is 8. The number of aromatic nitrogens is 4. The van der Waals surface area contributed by atoms with E-state index in [9.17, 15) is 4.79 Å². The third-order valence-corrected chi connectivity index (χ3v) is 4.12. The van der Waals surface area contributed by atoms with Crippen LogP contribution in [0.5, 0.6) is 11.5 Å². The van der Waals surface area contributed by atoms with Crippen molar-refractivity contribution in [2.24, 2.45) is 0 Å². The summed E-state index contributed by atoms with van der Waals surface area (Å²) in [5.74, 6) is 1.20. The Hall–Kier alpha value is -3.62. The smallest absolute Gasteiger partial charge is 0.330 e. The second-order valence-corrected chi connectivity index (χ2v) is 6.07. The minimum Gasteiger partial charge on any atom is -0.493 e. The van der Waals surface area contributed by atoms with E-state index in [0.717, 1.165) is 5.56 Å². The van der Waals surface area contributed by atoms with Crippen molar-refractivity contribution in [3.63, 3.8) is 0 Å². The van der Waals surface area contributed by atoms with Crippen LogP contribution in [-0.4, -0.2) is 45.8 Å². The molecule has 29 heavy (non-hydrogen) atoms. The number of imidazole rings is 1. The summed E-state index contributed by atoms with van der Waals surface area (Å²) < 4.78 is 17.9. The van der Waals surface area contributed by atoms with Gasteiger partial charge < -0.3 is 24.5 Å². The van der Waals surface area contributed by atoms with Gasteiger partial charge in [-0.15, -0.1) is 0 Å². The van der Waals surface area contributed by atoms with Gasteiger partial charge in [0.15, 0.2) is 23.0 Å². The lowest BCUT2D eigenvalue weighted by atomic mass is 10.2. The molecule has 9 heteroatoms. The summed E-state index contributed by atoms with van der Waals surface area (Å²) in [6, 6.07) is 5.45. The standard InChI is InChI=1S/C20H23N5O4/c1-3-28-15-7-5-14(11-16(15)27-2)6-8-17(26)29-10-4-9-25-13-24-18-19(21)22-12-23-20(18)25/h5-8,11-13H,3-4,9-10H2,1-2H3,(H2,21,22,23)/b8-6+. The normalized spacial score (nSPS) is 11.1. The molecule has 1 aromatic carbocycles. The highest BCUT2D eigenvalue weighted by Gasteiger charge is 2.08. The van der Waals surface area contributed by atoms with Crippen LogP contribution in [0.2, 0.25) is 0 Å². The van der Waals surface area contributed by atoms with E-state index in [1.54, 1.807) is 31.6 Å². The maximum atomic E-state index is 11.9. The van der Waals surface area contributed by atoms with Crippen LogP contribution in [0.4, 0.5) is 5.82 Å². The van der Waals surface area contributed by atoms with Crippen molar-refractivity contribution < 1.29 is 19.0 Å². The second-order valence-electron chi connectivity index (χ2n) is 6.07. The van der Waals surface area contributed by atoms with Crippen molar-refractivity contribution in [3.05, 3.63) is 42.5 Å². The van der Waals surface area contributed by atoms with Gasteiger partial charge in [0.2, 0.25) is 0 Å². The maximum absolute atomic E-state index is 11.9. The predicted octanol–water partition coefficient (Wildman–Crippen LogP) is 2.46. The number of benzene rings is 1. The first-order valence-electron chi connectivity index (χ1n) is 9.19. The number of carbonyl (C=O) groups excluding carboxylic acids is 1. The Balaban J connectivity index is 1.49. The van der Waals surface area contributed by atoms with Crippen LogP contribution in [0, 0.1) is 0 Å². The van der Waals surface area contributed by atoms with E-state index in [-0.39, 0.29) is 6.61 Å². The lowest BCUT2D eigenvalue weighted by molar-refractivity contribution is -0.137. The summed E-state index contributed by atoms with van der Waals surface area (Å²) in [6.07, 6.45) is 6.72. The first-order valence-corrected chi connectivity index (χ1v) is 9.19. The fourth-order valence-electron chi connectivity index (χ4n) is 2.75. The van der Waals surface area contributed by atoms with Crippen LogP contribution < -0.4 is 15.2 Å². The highest BCUT2D eigenvalue weighted by Crippen LogP contribution is 2.28. The molecule has 0 aliphatic rings. The van der Waals surface area contributed by atoms with Crippen LogP contribution in [0.15, 0.2) is 36.9 Å². The lowest BCUT2D eigenvalue weighted by Gasteiger charge is -2.09. The Labute approximate surface area is 168 Å². The van der Waals surface area contributed by atoms with E-state index < -0.39 is 5.97 Å². The molecular weight excluding hydrogens is 374 g/mol. The Morgan fingerprint density at radius 3 is 2.90 bits per heavy atom. The zero-order valence-electron chi connectivity index (χ0n) is 16.4. The van der Waals surface area contributed by atoms with Crippen LogP contribution >= 0.6 is 0 Å². The monoisotopic (exact) mass is 397 g/mol. The highest BCUT2D eigenvalue weighted by molar-refractivity contribution is 5.87. The molecule has 0 fully saturated rings. The summed E-state index contributed by atoms with van der Waals surface area (Å²) in [7, 11) is 1.57. The van der Waals surface area contributed by atoms with Crippen molar-refractivity contribution >= 4 is 29.0 Å². The number of nitrogens with zero attached hydrogens (tertiary/aromatic N) is 4. The number of esters is 1. The molecule has 0 aliphatic heterocycles. The van der Waals surface area contributed by atoms with Gasteiger partial charge in [0, 0.05) is 12.6 Å². The van der Waals surface area contributed by atoms with Crippen molar-refractivity contribution in [2.75, 3.05) is 26.1 Å². The molecule has 0 unspecified atom stereocenters. The second kappa shape index (κ2) is 9.54. The van der Waals surface area contributed by atoms with E-state index in [0.29, 0.717) is 48.1 Å². The summed E-state index contributed by atoms with van der Waals surface area (Å²) >= 11 is 0. The largest absolute Gasteiger partial charge is 0.493 e. The minimum atomic E-state index is -0.417. The molecule has 0 atom stereocenters. The van der Waals surface area contributed by atoms with Gasteiger partial charge in [-0.05, 0) is 37.1 Å². The van der Waals surface area contributed by atoms with Crippen molar-refractivity contribution in [1.82, 2.24) is 19.5 Å². The van der Waals surface area contributed by atoms with Crippen molar-refractivity contribution in [1.29, 1.82) is 0 Å².